The van der Waals surface area contributed by atoms with Gasteiger partial charge < -0.3 is 9.88 Å². The van der Waals surface area contributed by atoms with Crippen molar-refractivity contribution >= 4 is 22.5 Å². The van der Waals surface area contributed by atoms with Gasteiger partial charge in [0.05, 0.1) is 5.69 Å². The zero-order chi connectivity index (χ0) is 18.4. The van der Waals surface area contributed by atoms with E-state index in [1.807, 2.05) is 58.9 Å². The van der Waals surface area contributed by atoms with Gasteiger partial charge in [-0.25, -0.2) is 0 Å². The summed E-state index contributed by atoms with van der Waals surface area (Å²) in [6.07, 6.45) is 3.63. The van der Waals surface area contributed by atoms with E-state index in [9.17, 15) is 4.79 Å². The van der Waals surface area contributed by atoms with E-state index in [0.29, 0.717) is 0 Å². The Morgan fingerprint density at radius 3 is 2.81 bits per heavy atom. The van der Waals surface area contributed by atoms with Crippen molar-refractivity contribution in [2.45, 2.75) is 25.7 Å². The first-order chi connectivity index (χ1) is 13.2. The summed E-state index contributed by atoms with van der Waals surface area (Å²) >= 11 is 0. The molecule has 136 valence electrons. The smallest absolute Gasteiger partial charge is 0.253 e. The standard InChI is InChI=1S/C20H20N6O/c1-13-2-5-18-22-23-19(26(18)24-13)14-7-10-25(11-8-14)20(27)16-3-4-17-15(12-16)6-9-21-17/h2-6,9,12,14,21H,7-8,10-11H2,1H3. The lowest BCUT2D eigenvalue weighted by Crippen LogP contribution is -2.38. The van der Waals surface area contributed by atoms with Gasteiger partial charge in [-0.05, 0) is 56.2 Å². The third kappa shape index (κ3) is 2.75. The number of aryl methyl sites for hydroxylation is 1. The number of carbonyl (C=O) groups is 1. The Labute approximate surface area is 156 Å². The number of carbonyl (C=O) groups excluding carboxylic acids is 1. The summed E-state index contributed by atoms with van der Waals surface area (Å²) in [6.45, 7) is 3.40. The van der Waals surface area contributed by atoms with Gasteiger partial charge in [0.1, 0.15) is 0 Å². The van der Waals surface area contributed by atoms with Crippen molar-refractivity contribution < 1.29 is 4.79 Å². The molecule has 4 aromatic rings. The van der Waals surface area contributed by atoms with Gasteiger partial charge in [-0.3, -0.25) is 4.79 Å². The normalized spacial score (nSPS) is 15.7. The van der Waals surface area contributed by atoms with Gasteiger partial charge in [-0.15, -0.1) is 10.2 Å². The molecular formula is C20H20N6O. The Kier molecular flexibility index (Phi) is 3.67. The highest BCUT2D eigenvalue weighted by Crippen LogP contribution is 2.28. The first-order valence-corrected chi connectivity index (χ1v) is 9.24. The van der Waals surface area contributed by atoms with Gasteiger partial charge in [-0.1, -0.05) is 0 Å². The molecule has 0 saturated carbocycles. The van der Waals surface area contributed by atoms with Crippen LogP contribution in [0.3, 0.4) is 0 Å². The van der Waals surface area contributed by atoms with Crippen molar-refractivity contribution in [3.8, 4) is 0 Å². The van der Waals surface area contributed by atoms with Gasteiger partial charge in [0.15, 0.2) is 11.5 Å². The van der Waals surface area contributed by atoms with Crippen molar-refractivity contribution in [3.05, 3.63) is 59.7 Å². The van der Waals surface area contributed by atoms with Crippen LogP contribution in [0, 0.1) is 6.92 Å². The molecule has 0 unspecified atom stereocenters. The average Bonchev–Trinajstić information content (AvgIpc) is 3.33. The second-order valence-corrected chi connectivity index (χ2v) is 7.15. The maximum Gasteiger partial charge on any atom is 0.253 e. The molecule has 1 saturated heterocycles. The number of H-pyrrole nitrogens is 1. The summed E-state index contributed by atoms with van der Waals surface area (Å²) in [6, 6.07) is 11.7. The molecule has 1 aliphatic rings. The first kappa shape index (κ1) is 16.0. The molecule has 1 aliphatic heterocycles. The Bertz CT molecular complexity index is 1140. The molecule has 4 heterocycles. The zero-order valence-electron chi connectivity index (χ0n) is 15.1. The molecule has 0 bridgehead atoms. The number of aromatic amines is 1. The maximum atomic E-state index is 12.9. The van der Waals surface area contributed by atoms with Crippen LogP contribution in [0.1, 0.15) is 40.6 Å². The molecule has 0 aliphatic carbocycles. The first-order valence-electron chi connectivity index (χ1n) is 9.24. The molecule has 27 heavy (non-hydrogen) atoms. The van der Waals surface area contributed by atoms with Gasteiger partial charge in [0, 0.05) is 41.7 Å². The lowest BCUT2D eigenvalue weighted by atomic mass is 9.95. The van der Waals surface area contributed by atoms with Crippen molar-refractivity contribution in [2.75, 3.05) is 13.1 Å². The molecule has 0 radical (unpaired) electrons. The lowest BCUT2D eigenvalue weighted by molar-refractivity contribution is 0.0711. The lowest BCUT2D eigenvalue weighted by Gasteiger charge is -2.31. The van der Waals surface area contributed by atoms with Crippen molar-refractivity contribution in [2.24, 2.45) is 0 Å². The number of nitrogens with zero attached hydrogens (tertiary/aromatic N) is 5. The van der Waals surface area contributed by atoms with Crippen molar-refractivity contribution in [3.63, 3.8) is 0 Å². The summed E-state index contributed by atoms with van der Waals surface area (Å²) in [4.78, 5) is 18.0. The second-order valence-electron chi connectivity index (χ2n) is 7.15. The number of piperidine rings is 1. The fourth-order valence-corrected chi connectivity index (χ4v) is 3.86. The second kappa shape index (κ2) is 6.19. The van der Waals surface area contributed by atoms with E-state index in [-0.39, 0.29) is 11.8 Å². The van der Waals surface area contributed by atoms with Crippen LogP contribution in [0.25, 0.3) is 16.6 Å². The summed E-state index contributed by atoms with van der Waals surface area (Å²) < 4.78 is 1.84. The monoisotopic (exact) mass is 360 g/mol. The molecule has 1 fully saturated rings. The third-order valence-electron chi connectivity index (χ3n) is 5.37. The predicted octanol–water partition coefficient (Wildman–Crippen LogP) is 2.93. The number of fused-ring (bicyclic) bond motifs is 2. The van der Waals surface area contributed by atoms with Crippen LogP contribution in [-0.4, -0.2) is 48.7 Å². The Balaban J connectivity index is 1.33. The van der Waals surface area contributed by atoms with E-state index >= 15 is 0 Å². The van der Waals surface area contributed by atoms with Crippen LogP contribution in [0.5, 0.6) is 0 Å². The summed E-state index contributed by atoms with van der Waals surface area (Å²) in [7, 11) is 0. The zero-order valence-corrected chi connectivity index (χ0v) is 15.1. The molecule has 7 heteroatoms. The van der Waals surface area contributed by atoms with E-state index in [2.05, 4.69) is 20.3 Å². The molecule has 0 atom stereocenters. The largest absolute Gasteiger partial charge is 0.361 e. The predicted molar refractivity (Wildman–Crippen MR) is 102 cm³/mol. The fourth-order valence-electron chi connectivity index (χ4n) is 3.86. The number of hydrogen-bond donors (Lipinski definition) is 1. The number of benzene rings is 1. The van der Waals surface area contributed by atoms with E-state index in [4.69, 9.17) is 0 Å². The van der Waals surface area contributed by atoms with E-state index in [1.54, 1.807) is 0 Å². The fraction of sp³-hybridized carbons (Fsp3) is 0.300. The quantitative estimate of drug-likeness (QED) is 0.596. The van der Waals surface area contributed by atoms with Crippen LogP contribution in [0.2, 0.25) is 0 Å². The van der Waals surface area contributed by atoms with Crippen LogP contribution >= 0.6 is 0 Å². The molecule has 1 amide bonds. The highest BCUT2D eigenvalue weighted by Gasteiger charge is 2.28. The van der Waals surface area contributed by atoms with Crippen LogP contribution in [0.4, 0.5) is 0 Å². The highest BCUT2D eigenvalue weighted by molar-refractivity contribution is 5.98. The van der Waals surface area contributed by atoms with E-state index in [0.717, 1.165) is 59.6 Å². The van der Waals surface area contributed by atoms with Crippen LogP contribution in [-0.2, 0) is 0 Å². The molecule has 0 spiro atoms. The number of amides is 1. The minimum atomic E-state index is 0.0941. The average molecular weight is 360 g/mol. The molecule has 7 nitrogen and oxygen atoms in total. The van der Waals surface area contributed by atoms with Gasteiger partial charge in [0.2, 0.25) is 0 Å². The third-order valence-corrected chi connectivity index (χ3v) is 5.37. The topological polar surface area (TPSA) is 79.2 Å². The molecule has 5 rings (SSSR count). The van der Waals surface area contributed by atoms with Gasteiger partial charge in [-0.2, -0.15) is 9.61 Å². The Hall–Kier alpha value is -3.22. The van der Waals surface area contributed by atoms with Gasteiger partial charge >= 0.3 is 0 Å². The minimum Gasteiger partial charge on any atom is -0.361 e. The number of aromatic nitrogens is 5. The number of likely N-dealkylation sites (tertiary alicyclic amines) is 1. The number of hydrogen-bond acceptors (Lipinski definition) is 4. The van der Waals surface area contributed by atoms with Crippen LogP contribution in [0.15, 0.2) is 42.6 Å². The number of rotatable bonds is 2. The van der Waals surface area contributed by atoms with Crippen molar-refractivity contribution in [1.29, 1.82) is 0 Å². The van der Waals surface area contributed by atoms with E-state index in [1.165, 1.54) is 0 Å². The molecule has 1 aromatic carbocycles. The van der Waals surface area contributed by atoms with Crippen LogP contribution < -0.4 is 0 Å². The minimum absolute atomic E-state index is 0.0941. The molecule has 1 N–H and O–H groups in total. The van der Waals surface area contributed by atoms with Gasteiger partial charge in [0.25, 0.3) is 5.91 Å². The molecule has 3 aromatic heterocycles. The SMILES string of the molecule is Cc1ccc2nnc(C3CCN(C(=O)c4ccc5[nH]ccc5c4)CC3)n2n1. The van der Waals surface area contributed by atoms with E-state index < -0.39 is 0 Å². The number of nitrogens with one attached hydrogen (secondary N) is 1. The summed E-state index contributed by atoms with van der Waals surface area (Å²) in [5, 5.41) is 14.2. The highest BCUT2D eigenvalue weighted by atomic mass is 16.2. The molecular weight excluding hydrogens is 340 g/mol. The van der Waals surface area contributed by atoms with Crippen molar-refractivity contribution in [1.82, 2.24) is 29.7 Å². The Morgan fingerprint density at radius 2 is 1.96 bits per heavy atom. The summed E-state index contributed by atoms with van der Waals surface area (Å²) in [5.74, 6) is 1.26. The Morgan fingerprint density at radius 1 is 1.11 bits per heavy atom. The summed E-state index contributed by atoms with van der Waals surface area (Å²) in [5.41, 5.74) is 3.50. The maximum absolute atomic E-state index is 12.9.